The molecule has 1 atom stereocenters. The summed E-state index contributed by atoms with van der Waals surface area (Å²) in [6.45, 7) is 7.02. The molecule has 1 aromatic carbocycles. The van der Waals surface area contributed by atoms with Gasteiger partial charge in [0.2, 0.25) is 14.8 Å². The number of nitrogens with zero attached hydrogens (tertiary/aromatic N) is 5. The number of rotatable bonds is 6. The first-order valence-electron chi connectivity index (χ1n) is 10.3. The van der Waals surface area contributed by atoms with Crippen LogP contribution in [0.15, 0.2) is 53.6 Å². The number of fused-ring (bicyclic) bond motifs is 1. The van der Waals surface area contributed by atoms with E-state index in [1.54, 1.807) is 21.1 Å². The van der Waals surface area contributed by atoms with Crippen molar-refractivity contribution in [2.45, 2.75) is 37.8 Å². The summed E-state index contributed by atoms with van der Waals surface area (Å²) in [5.41, 5.74) is 1.98. The third kappa shape index (κ3) is 4.07. The topological polar surface area (TPSA) is 62.9 Å². The van der Waals surface area contributed by atoms with Crippen molar-refractivity contribution in [3.05, 3.63) is 59.0 Å². The molecule has 0 bridgehead atoms. The van der Waals surface area contributed by atoms with Crippen molar-refractivity contribution in [3.63, 3.8) is 0 Å². The van der Waals surface area contributed by atoms with Crippen molar-refractivity contribution in [1.29, 1.82) is 0 Å². The number of hydrogen-bond donors (Lipinski definition) is 0. The molecule has 9 heteroatoms. The summed E-state index contributed by atoms with van der Waals surface area (Å²) in [6, 6.07) is 13.1. The van der Waals surface area contributed by atoms with Gasteiger partial charge in [-0.3, -0.25) is 9.30 Å². The lowest BCUT2D eigenvalue weighted by Gasteiger charge is -2.33. The van der Waals surface area contributed by atoms with Crippen LogP contribution in [0.1, 0.15) is 31.7 Å². The molecule has 0 amide bonds. The van der Waals surface area contributed by atoms with Gasteiger partial charge >= 0.3 is 0 Å². The van der Waals surface area contributed by atoms with Gasteiger partial charge in [0.25, 0.3) is 0 Å². The Morgan fingerprint density at radius 1 is 1.07 bits per heavy atom. The Bertz CT molecular complexity index is 1180. The lowest BCUT2D eigenvalue weighted by Crippen LogP contribution is -2.48. The molecule has 0 aliphatic carbocycles. The molecule has 1 fully saturated rings. The second-order valence-electron chi connectivity index (χ2n) is 7.75. The highest BCUT2D eigenvalue weighted by Gasteiger charge is 2.28. The zero-order chi connectivity index (χ0) is 21.3. The molecule has 30 heavy (non-hydrogen) atoms. The third-order valence-electron chi connectivity index (χ3n) is 5.85. The van der Waals surface area contributed by atoms with Crippen molar-refractivity contribution in [2.24, 2.45) is 0 Å². The van der Waals surface area contributed by atoms with Gasteiger partial charge in [0.15, 0.2) is 5.65 Å². The minimum atomic E-state index is -3.48. The van der Waals surface area contributed by atoms with Crippen LogP contribution in [0.4, 0.5) is 0 Å². The lowest BCUT2D eigenvalue weighted by molar-refractivity contribution is 0.145. The van der Waals surface area contributed by atoms with E-state index < -0.39 is 10.0 Å². The van der Waals surface area contributed by atoms with E-state index in [9.17, 15) is 8.42 Å². The Morgan fingerprint density at radius 3 is 2.40 bits per heavy atom. The predicted octanol–water partition coefficient (Wildman–Crippen LogP) is 3.34. The summed E-state index contributed by atoms with van der Waals surface area (Å²) in [5.74, 6) is 0.427. The van der Waals surface area contributed by atoms with Crippen molar-refractivity contribution >= 4 is 27.9 Å². The minimum absolute atomic E-state index is 0.366. The van der Waals surface area contributed by atoms with Crippen molar-refractivity contribution in [2.75, 3.05) is 26.2 Å². The fourth-order valence-corrected chi connectivity index (χ4v) is 5.39. The normalized spacial score (nSPS) is 17.4. The van der Waals surface area contributed by atoms with Gasteiger partial charge in [0.1, 0.15) is 0 Å². The molecule has 4 rings (SSSR count). The summed E-state index contributed by atoms with van der Waals surface area (Å²) >= 11 is 5.51. The first-order chi connectivity index (χ1) is 14.4. The zero-order valence-corrected chi connectivity index (χ0v) is 18.9. The average Bonchev–Trinajstić information content (AvgIpc) is 3.09. The van der Waals surface area contributed by atoms with Crippen LogP contribution in [-0.4, -0.2) is 58.0 Å². The Kier molecular flexibility index (Phi) is 6.06. The quantitative estimate of drug-likeness (QED) is 0.545. The van der Waals surface area contributed by atoms with E-state index in [0.29, 0.717) is 48.4 Å². The summed E-state index contributed by atoms with van der Waals surface area (Å²) < 4.78 is 32.0. The van der Waals surface area contributed by atoms with Crippen molar-refractivity contribution in [1.82, 2.24) is 23.4 Å². The second-order valence-corrected chi connectivity index (χ2v) is 10.1. The molecule has 0 radical (unpaired) electrons. The predicted molar refractivity (Wildman–Crippen MR) is 119 cm³/mol. The van der Waals surface area contributed by atoms with Gasteiger partial charge in [0, 0.05) is 32.4 Å². The molecule has 1 aliphatic heterocycles. The molecular formula is C21H27N5O2S2. The molecule has 1 saturated heterocycles. The first kappa shape index (κ1) is 21.2. The van der Waals surface area contributed by atoms with E-state index in [1.165, 1.54) is 5.56 Å². The largest absolute Gasteiger partial charge is 0.282 e. The van der Waals surface area contributed by atoms with Gasteiger partial charge in [-0.2, -0.15) is 9.40 Å². The molecular weight excluding hydrogens is 418 g/mol. The van der Waals surface area contributed by atoms with Gasteiger partial charge in [0.05, 0.1) is 11.6 Å². The van der Waals surface area contributed by atoms with E-state index >= 15 is 0 Å². The number of piperazine rings is 1. The van der Waals surface area contributed by atoms with E-state index in [2.05, 4.69) is 23.8 Å². The fraction of sp³-hybridized carbons (Fsp3) is 0.429. The molecule has 0 unspecified atom stereocenters. The SMILES string of the molecule is CC[C@H](C)c1ccc(S(=O)(=O)N2CCN(Cn3nc4ccccn4c3=S)CC2)cc1. The number of aromatic nitrogens is 3. The van der Waals surface area contributed by atoms with Crippen LogP contribution in [0.25, 0.3) is 5.65 Å². The average molecular weight is 446 g/mol. The Morgan fingerprint density at radius 2 is 1.77 bits per heavy atom. The van der Waals surface area contributed by atoms with Crippen LogP contribution in [0, 0.1) is 4.77 Å². The molecule has 2 aromatic heterocycles. The molecule has 3 aromatic rings. The molecule has 7 nitrogen and oxygen atoms in total. The van der Waals surface area contributed by atoms with E-state index in [1.807, 2.05) is 40.9 Å². The van der Waals surface area contributed by atoms with Gasteiger partial charge in [-0.25, -0.2) is 13.1 Å². The highest BCUT2D eigenvalue weighted by Crippen LogP contribution is 2.23. The van der Waals surface area contributed by atoms with Crippen LogP contribution in [0.5, 0.6) is 0 Å². The van der Waals surface area contributed by atoms with Crippen molar-refractivity contribution < 1.29 is 8.42 Å². The smallest absolute Gasteiger partial charge is 0.243 e. The molecule has 0 N–H and O–H groups in total. The van der Waals surface area contributed by atoms with Gasteiger partial charge in [-0.1, -0.05) is 32.0 Å². The zero-order valence-electron chi connectivity index (χ0n) is 17.3. The maximum atomic E-state index is 13.0. The van der Waals surface area contributed by atoms with E-state index in [4.69, 9.17) is 12.2 Å². The Labute approximate surface area is 182 Å². The maximum Gasteiger partial charge on any atom is 0.243 e. The summed E-state index contributed by atoms with van der Waals surface area (Å²) in [5, 5.41) is 4.55. The van der Waals surface area contributed by atoms with Crippen LogP contribution in [-0.2, 0) is 16.7 Å². The number of pyridine rings is 1. The second kappa shape index (κ2) is 8.58. The van der Waals surface area contributed by atoms with Gasteiger partial charge in [-0.15, -0.1) is 0 Å². The number of sulfonamides is 1. The van der Waals surface area contributed by atoms with E-state index in [-0.39, 0.29) is 0 Å². The first-order valence-corrected chi connectivity index (χ1v) is 12.1. The highest BCUT2D eigenvalue weighted by molar-refractivity contribution is 7.89. The van der Waals surface area contributed by atoms with E-state index in [0.717, 1.165) is 12.1 Å². The monoisotopic (exact) mass is 445 g/mol. The van der Waals surface area contributed by atoms with Crippen LogP contribution < -0.4 is 0 Å². The standard InChI is InChI=1S/C21H27N5O2S2/c1-3-17(2)18-7-9-19(10-8-18)30(27,28)24-14-12-23(13-15-24)16-26-21(29)25-11-5-4-6-20(25)22-26/h4-11,17H,3,12-16H2,1-2H3/t17-/m0/s1. The number of benzene rings is 1. The van der Waals surface area contributed by atoms with Gasteiger partial charge in [-0.05, 0) is 54.4 Å². The Balaban J connectivity index is 1.42. The number of hydrogen-bond acceptors (Lipinski definition) is 5. The fourth-order valence-electron chi connectivity index (χ4n) is 3.71. The van der Waals surface area contributed by atoms with Crippen molar-refractivity contribution in [3.8, 4) is 0 Å². The van der Waals surface area contributed by atoms with Gasteiger partial charge < -0.3 is 0 Å². The maximum absolute atomic E-state index is 13.0. The lowest BCUT2D eigenvalue weighted by atomic mass is 9.99. The molecule has 1 aliphatic rings. The van der Waals surface area contributed by atoms with Crippen LogP contribution in [0.3, 0.4) is 0 Å². The van der Waals surface area contributed by atoms with Crippen LogP contribution >= 0.6 is 12.2 Å². The Hall–Kier alpha value is -2.07. The molecule has 0 spiro atoms. The minimum Gasteiger partial charge on any atom is -0.282 e. The molecule has 3 heterocycles. The summed E-state index contributed by atoms with van der Waals surface area (Å²) in [4.78, 5) is 2.55. The summed E-state index contributed by atoms with van der Waals surface area (Å²) in [6.07, 6.45) is 2.93. The third-order valence-corrected chi connectivity index (χ3v) is 8.17. The molecule has 160 valence electrons. The van der Waals surface area contributed by atoms with Crippen LogP contribution in [0.2, 0.25) is 0 Å². The highest BCUT2D eigenvalue weighted by atomic mass is 32.2. The molecule has 0 saturated carbocycles. The summed E-state index contributed by atoms with van der Waals surface area (Å²) in [7, 11) is -3.48.